The van der Waals surface area contributed by atoms with E-state index in [4.69, 9.17) is 11.6 Å². The summed E-state index contributed by atoms with van der Waals surface area (Å²) in [5.41, 5.74) is 0.481. The lowest BCUT2D eigenvalue weighted by molar-refractivity contribution is -0.123. The molecule has 6 nitrogen and oxygen atoms in total. The Bertz CT molecular complexity index is 1000. The van der Waals surface area contributed by atoms with Crippen molar-refractivity contribution in [3.63, 3.8) is 0 Å². The van der Waals surface area contributed by atoms with Crippen molar-refractivity contribution in [2.75, 3.05) is 0 Å². The van der Waals surface area contributed by atoms with Gasteiger partial charge >= 0.3 is 0 Å². The molecule has 0 unspecified atom stereocenters. The van der Waals surface area contributed by atoms with E-state index in [9.17, 15) is 14.4 Å². The van der Waals surface area contributed by atoms with Crippen molar-refractivity contribution in [2.45, 2.75) is 12.6 Å². The van der Waals surface area contributed by atoms with Gasteiger partial charge in [-0.1, -0.05) is 23.7 Å². The lowest BCUT2D eigenvalue weighted by Crippen LogP contribution is -2.41. The van der Waals surface area contributed by atoms with Crippen LogP contribution in [0.3, 0.4) is 0 Å². The number of amides is 1. The SMILES string of the molecule is O=C(NCc1ccccn1)[C@@H](C(=O)c1ccc(Cl)cc1)n1ccccc1=O. The van der Waals surface area contributed by atoms with E-state index in [-0.39, 0.29) is 12.1 Å². The maximum atomic E-state index is 13.0. The van der Waals surface area contributed by atoms with E-state index < -0.39 is 23.3 Å². The molecule has 1 aromatic carbocycles. The number of aromatic nitrogens is 2. The van der Waals surface area contributed by atoms with Gasteiger partial charge < -0.3 is 5.32 Å². The fraction of sp³-hybridized carbons (Fsp3) is 0.100. The van der Waals surface area contributed by atoms with Crippen molar-refractivity contribution in [1.29, 1.82) is 0 Å². The van der Waals surface area contributed by atoms with Crippen molar-refractivity contribution in [2.24, 2.45) is 0 Å². The third-order valence-electron chi connectivity index (χ3n) is 3.92. The van der Waals surface area contributed by atoms with E-state index in [1.54, 1.807) is 48.7 Å². The van der Waals surface area contributed by atoms with E-state index in [2.05, 4.69) is 10.3 Å². The van der Waals surface area contributed by atoms with E-state index >= 15 is 0 Å². The van der Waals surface area contributed by atoms with Crippen molar-refractivity contribution in [3.8, 4) is 0 Å². The molecule has 0 fully saturated rings. The van der Waals surface area contributed by atoms with E-state index in [0.29, 0.717) is 10.7 Å². The minimum absolute atomic E-state index is 0.144. The largest absolute Gasteiger partial charge is 0.348 e. The minimum atomic E-state index is -1.33. The van der Waals surface area contributed by atoms with E-state index in [1.807, 2.05) is 0 Å². The third-order valence-corrected chi connectivity index (χ3v) is 4.18. The molecule has 7 heteroatoms. The minimum Gasteiger partial charge on any atom is -0.348 e. The van der Waals surface area contributed by atoms with E-state index in [0.717, 1.165) is 4.57 Å². The van der Waals surface area contributed by atoms with Crippen molar-refractivity contribution >= 4 is 23.3 Å². The highest BCUT2D eigenvalue weighted by Crippen LogP contribution is 2.17. The predicted molar refractivity (Wildman–Crippen MR) is 102 cm³/mol. The molecule has 0 aliphatic heterocycles. The predicted octanol–water partition coefficient (Wildman–Crippen LogP) is 2.64. The van der Waals surface area contributed by atoms with Crippen LogP contribution in [0.4, 0.5) is 0 Å². The van der Waals surface area contributed by atoms with Crippen molar-refractivity contribution in [3.05, 3.63) is 99.7 Å². The monoisotopic (exact) mass is 381 g/mol. The average molecular weight is 382 g/mol. The Hall–Kier alpha value is -3.25. The van der Waals surface area contributed by atoms with Gasteiger partial charge in [0, 0.05) is 29.0 Å². The molecule has 136 valence electrons. The summed E-state index contributed by atoms with van der Waals surface area (Å²) >= 11 is 5.87. The number of hydrogen-bond donors (Lipinski definition) is 1. The van der Waals surface area contributed by atoms with Gasteiger partial charge in [-0.2, -0.15) is 0 Å². The summed E-state index contributed by atoms with van der Waals surface area (Å²) in [6.07, 6.45) is 3.03. The molecule has 0 radical (unpaired) electrons. The van der Waals surface area contributed by atoms with Gasteiger partial charge in [-0.3, -0.25) is 23.9 Å². The van der Waals surface area contributed by atoms with Gasteiger partial charge in [0.15, 0.2) is 11.8 Å². The summed E-state index contributed by atoms with van der Waals surface area (Å²) in [7, 11) is 0. The smallest absolute Gasteiger partial charge is 0.251 e. The van der Waals surface area contributed by atoms with Crippen molar-refractivity contribution in [1.82, 2.24) is 14.9 Å². The van der Waals surface area contributed by atoms with Crippen LogP contribution in [0.15, 0.2) is 77.9 Å². The zero-order valence-electron chi connectivity index (χ0n) is 14.2. The molecule has 1 N–H and O–H groups in total. The fourth-order valence-corrected chi connectivity index (χ4v) is 2.70. The molecule has 0 saturated heterocycles. The summed E-state index contributed by atoms with van der Waals surface area (Å²) in [5.74, 6) is -1.09. The van der Waals surface area contributed by atoms with Gasteiger partial charge in [-0.15, -0.1) is 0 Å². The van der Waals surface area contributed by atoms with Crippen LogP contribution >= 0.6 is 11.6 Å². The van der Waals surface area contributed by atoms with Crippen LogP contribution in [0.25, 0.3) is 0 Å². The van der Waals surface area contributed by atoms with Gasteiger partial charge in [0.05, 0.1) is 12.2 Å². The van der Waals surface area contributed by atoms with Crippen LogP contribution in [0.1, 0.15) is 22.1 Å². The Labute approximate surface area is 160 Å². The molecule has 0 aliphatic carbocycles. The number of halogens is 1. The molecule has 0 bridgehead atoms. The third kappa shape index (κ3) is 4.48. The van der Waals surface area contributed by atoms with Crippen LogP contribution in [0.2, 0.25) is 5.02 Å². The average Bonchev–Trinajstić information content (AvgIpc) is 2.69. The second-order valence-electron chi connectivity index (χ2n) is 5.76. The molecule has 1 amide bonds. The first-order chi connectivity index (χ1) is 13.1. The molecule has 1 atom stereocenters. The van der Waals surface area contributed by atoms with Crippen LogP contribution in [0.5, 0.6) is 0 Å². The highest BCUT2D eigenvalue weighted by atomic mass is 35.5. The highest BCUT2D eigenvalue weighted by molar-refractivity contribution is 6.30. The summed E-state index contributed by atoms with van der Waals surface area (Å²) in [5, 5.41) is 3.15. The number of carbonyl (C=O) groups is 2. The number of nitrogens with zero attached hydrogens (tertiary/aromatic N) is 2. The maximum Gasteiger partial charge on any atom is 0.251 e. The Balaban J connectivity index is 1.91. The molecule has 2 aromatic heterocycles. The number of nitrogens with one attached hydrogen (secondary N) is 1. The Morgan fingerprint density at radius 1 is 1.04 bits per heavy atom. The van der Waals surface area contributed by atoms with Gasteiger partial charge in [0.1, 0.15) is 0 Å². The summed E-state index contributed by atoms with van der Waals surface area (Å²) in [4.78, 5) is 42.1. The topological polar surface area (TPSA) is 81.1 Å². The van der Waals surface area contributed by atoms with E-state index in [1.165, 1.54) is 24.4 Å². The first kappa shape index (κ1) is 18.5. The quantitative estimate of drug-likeness (QED) is 0.525. The molecule has 0 saturated carbocycles. The molecule has 2 heterocycles. The maximum absolute atomic E-state index is 13.0. The van der Waals surface area contributed by atoms with Crippen LogP contribution in [-0.2, 0) is 11.3 Å². The van der Waals surface area contributed by atoms with Gasteiger partial charge in [0.2, 0.25) is 0 Å². The number of Topliss-reactive ketones (excluding diaryl/α,β-unsaturated/α-hetero) is 1. The number of rotatable bonds is 6. The van der Waals surface area contributed by atoms with Crippen LogP contribution < -0.4 is 10.9 Å². The Kier molecular flexibility index (Phi) is 5.78. The molecule has 0 aliphatic rings. The summed E-state index contributed by atoms with van der Waals surface area (Å²) in [6.45, 7) is 0.144. The Morgan fingerprint density at radius 3 is 2.44 bits per heavy atom. The van der Waals surface area contributed by atoms with Gasteiger partial charge in [0.25, 0.3) is 11.5 Å². The first-order valence-corrected chi connectivity index (χ1v) is 8.58. The summed E-state index contributed by atoms with van der Waals surface area (Å²) in [6, 6.07) is 14.6. The number of pyridine rings is 2. The lowest BCUT2D eigenvalue weighted by Gasteiger charge is -2.18. The lowest BCUT2D eigenvalue weighted by atomic mass is 10.0. The zero-order valence-corrected chi connectivity index (χ0v) is 15.0. The first-order valence-electron chi connectivity index (χ1n) is 8.21. The number of ketones is 1. The number of hydrogen-bond acceptors (Lipinski definition) is 4. The van der Waals surface area contributed by atoms with Gasteiger partial charge in [-0.25, -0.2) is 0 Å². The highest BCUT2D eigenvalue weighted by Gasteiger charge is 2.30. The Morgan fingerprint density at radius 2 is 1.78 bits per heavy atom. The second kappa shape index (κ2) is 8.42. The fourth-order valence-electron chi connectivity index (χ4n) is 2.57. The van der Waals surface area contributed by atoms with Crippen molar-refractivity contribution < 1.29 is 9.59 Å². The molecule has 3 rings (SSSR count). The molecular weight excluding hydrogens is 366 g/mol. The molecular formula is C20H16ClN3O3. The normalized spacial score (nSPS) is 11.6. The standard InChI is InChI=1S/C20H16ClN3O3/c21-15-9-7-14(8-10-15)19(26)18(24-12-4-2-6-17(24)25)20(27)23-13-16-5-1-3-11-22-16/h1-12,18H,13H2,(H,23,27)/t18-/m1/s1. The number of carbonyl (C=O) groups excluding carboxylic acids is 2. The van der Waals surface area contributed by atoms with Gasteiger partial charge in [-0.05, 0) is 42.5 Å². The van der Waals surface area contributed by atoms with Crippen LogP contribution in [0, 0.1) is 0 Å². The molecule has 3 aromatic rings. The zero-order chi connectivity index (χ0) is 19.2. The van der Waals surface area contributed by atoms with Crippen LogP contribution in [-0.4, -0.2) is 21.2 Å². The molecule has 0 spiro atoms. The second-order valence-corrected chi connectivity index (χ2v) is 6.20. The number of benzene rings is 1. The summed E-state index contributed by atoms with van der Waals surface area (Å²) < 4.78 is 1.12. The molecule has 27 heavy (non-hydrogen) atoms.